The van der Waals surface area contributed by atoms with Crippen LogP contribution in [0.4, 0.5) is 0 Å². The van der Waals surface area contributed by atoms with Crippen molar-refractivity contribution in [3.8, 4) is 0 Å². The van der Waals surface area contributed by atoms with Crippen molar-refractivity contribution in [3.05, 3.63) is 28.0 Å². The molecule has 20 heavy (non-hydrogen) atoms. The number of guanidine groups is 1. The fourth-order valence-electron chi connectivity index (χ4n) is 1.58. The van der Waals surface area contributed by atoms with Crippen molar-refractivity contribution in [2.75, 3.05) is 6.54 Å². The van der Waals surface area contributed by atoms with E-state index < -0.39 is 0 Å². The van der Waals surface area contributed by atoms with E-state index in [0.29, 0.717) is 28.7 Å². The third-order valence-corrected chi connectivity index (χ3v) is 3.18. The molecular formula is C11H11BBrN5O2. The summed E-state index contributed by atoms with van der Waals surface area (Å²) in [4.78, 5) is 29.6. The maximum atomic E-state index is 11.8. The van der Waals surface area contributed by atoms with Crippen molar-refractivity contribution in [1.29, 1.82) is 0 Å². The number of aromatic nitrogens is 1. The van der Waals surface area contributed by atoms with Crippen LogP contribution in [-0.2, 0) is 4.79 Å². The summed E-state index contributed by atoms with van der Waals surface area (Å²) in [7, 11) is 5.58. The summed E-state index contributed by atoms with van der Waals surface area (Å²) in [5, 5.41) is 5.05. The van der Waals surface area contributed by atoms with Gasteiger partial charge in [0.2, 0.25) is 5.96 Å². The zero-order valence-electron chi connectivity index (χ0n) is 10.4. The van der Waals surface area contributed by atoms with E-state index in [4.69, 9.17) is 13.6 Å². The number of carbonyl (C=O) groups is 2. The van der Waals surface area contributed by atoms with Gasteiger partial charge in [-0.15, -0.1) is 0 Å². The Labute approximate surface area is 124 Å². The van der Waals surface area contributed by atoms with Gasteiger partial charge >= 0.3 is 0 Å². The molecular weight excluding hydrogens is 325 g/mol. The van der Waals surface area contributed by atoms with Gasteiger partial charge in [-0.1, -0.05) is 6.08 Å². The predicted octanol–water partition coefficient (Wildman–Crippen LogP) is -0.981. The molecule has 2 rings (SSSR count). The lowest BCUT2D eigenvalue weighted by Crippen LogP contribution is -2.30. The number of carbonyl (C=O) groups excluding carboxylic acids is 2. The van der Waals surface area contributed by atoms with Crippen molar-refractivity contribution in [1.82, 2.24) is 15.6 Å². The highest BCUT2D eigenvalue weighted by Crippen LogP contribution is 2.08. The molecule has 0 fully saturated rings. The molecule has 0 unspecified atom stereocenters. The van der Waals surface area contributed by atoms with Crippen LogP contribution in [0, 0.1) is 0 Å². The Bertz CT molecular complexity index is 603. The van der Waals surface area contributed by atoms with Crippen LogP contribution in [0.3, 0.4) is 0 Å². The third kappa shape index (κ3) is 3.29. The van der Waals surface area contributed by atoms with E-state index in [9.17, 15) is 9.59 Å². The van der Waals surface area contributed by atoms with Gasteiger partial charge in [0.05, 0.1) is 0 Å². The number of halogens is 1. The van der Waals surface area contributed by atoms with Gasteiger partial charge in [0.25, 0.3) is 11.8 Å². The fraction of sp³-hybridized carbons (Fsp3) is 0.182. The van der Waals surface area contributed by atoms with Gasteiger partial charge in [0.15, 0.2) is 0 Å². The number of aromatic amines is 1. The zero-order valence-corrected chi connectivity index (χ0v) is 12.0. The number of nitrogens with one attached hydrogen (secondary N) is 3. The van der Waals surface area contributed by atoms with Crippen LogP contribution in [0.15, 0.2) is 27.3 Å². The molecule has 5 N–H and O–H groups in total. The van der Waals surface area contributed by atoms with E-state index in [0.717, 1.165) is 0 Å². The molecule has 102 valence electrons. The second-order valence-corrected chi connectivity index (χ2v) is 4.88. The van der Waals surface area contributed by atoms with Gasteiger partial charge in [-0.3, -0.25) is 14.9 Å². The van der Waals surface area contributed by atoms with Crippen molar-refractivity contribution < 1.29 is 9.59 Å². The van der Waals surface area contributed by atoms with E-state index in [2.05, 4.69) is 36.5 Å². The highest BCUT2D eigenvalue weighted by Gasteiger charge is 2.16. The summed E-state index contributed by atoms with van der Waals surface area (Å²) in [6, 6.07) is 1.60. The molecule has 0 aliphatic carbocycles. The van der Waals surface area contributed by atoms with Crippen molar-refractivity contribution >= 4 is 47.1 Å². The number of hydrogen-bond donors (Lipinski definition) is 4. The Balaban J connectivity index is 1.83. The number of rotatable bonds is 4. The Morgan fingerprint density at radius 2 is 2.35 bits per heavy atom. The number of H-pyrrole nitrogens is 1. The largest absolute Gasteiger partial charge is 0.369 e. The molecule has 1 aliphatic rings. The number of nitrogens with zero attached hydrogens (tertiary/aromatic N) is 1. The summed E-state index contributed by atoms with van der Waals surface area (Å²) in [5.74, 6) is -0.536. The average molecular weight is 336 g/mol. The zero-order chi connectivity index (χ0) is 14.7. The van der Waals surface area contributed by atoms with Crippen LogP contribution in [0.2, 0.25) is 0 Å². The minimum atomic E-state index is -0.338. The van der Waals surface area contributed by atoms with Crippen molar-refractivity contribution in [2.45, 2.75) is 6.42 Å². The second-order valence-electron chi connectivity index (χ2n) is 4.03. The van der Waals surface area contributed by atoms with Crippen molar-refractivity contribution in [2.24, 2.45) is 10.7 Å². The van der Waals surface area contributed by atoms with Crippen LogP contribution >= 0.6 is 15.9 Å². The Hall–Kier alpha value is -2.03. The minimum absolute atomic E-state index is 0.0806. The van der Waals surface area contributed by atoms with Crippen LogP contribution < -0.4 is 22.0 Å². The molecule has 0 saturated heterocycles. The first-order chi connectivity index (χ1) is 9.47. The summed E-state index contributed by atoms with van der Waals surface area (Å²) in [5.41, 5.74) is 6.36. The highest BCUT2D eigenvalue weighted by atomic mass is 79.9. The topological polar surface area (TPSA) is 112 Å². The normalized spacial score (nSPS) is 16.1. The molecule has 2 amide bonds. The fourth-order valence-corrected chi connectivity index (χ4v) is 1.91. The van der Waals surface area contributed by atoms with E-state index in [1.54, 1.807) is 12.1 Å². The van der Waals surface area contributed by atoms with Crippen LogP contribution in [0.25, 0.3) is 0 Å². The monoisotopic (exact) mass is 335 g/mol. The molecule has 0 atom stereocenters. The predicted molar refractivity (Wildman–Crippen MR) is 78.7 cm³/mol. The number of nitrogens with two attached hydrogens (primary N) is 1. The SMILES string of the molecule is [B]c1[nH]c(C(=O)NCC/C=C2\N=C(N)NC2=O)cc1Br. The molecule has 9 heteroatoms. The van der Waals surface area contributed by atoms with Gasteiger partial charge < -0.3 is 16.0 Å². The molecule has 1 aliphatic heterocycles. The van der Waals surface area contributed by atoms with E-state index in [1.165, 1.54) is 0 Å². The number of hydrogen-bond acceptors (Lipinski definition) is 4. The average Bonchev–Trinajstić information content (AvgIpc) is 2.88. The first-order valence-electron chi connectivity index (χ1n) is 5.75. The minimum Gasteiger partial charge on any atom is -0.369 e. The number of aliphatic imine (C=N–C) groups is 1. The maximum absolute atomic E-state index is 11.8. The molecule has 0 saturated carbocycles. The quantitative estimate of drug-likeness (QED) is 0.322. The molecule has 0 spiro atoms. The molecule has 2 radical (unpaired) electrons. The molecule has 1 aromatic rings. The summed E-state index contributed by atoms with van der Waals surface area (Å²) in [6.45, 7) is 0.363. The van der Waals surface area contributed by atoms with Gasteiger partial charge in [-0.2, -0.15) is 0 Å². The van der Waals surface area contributed by atoms with E-state index >= 15 is 0 Å². The van der Waals surface area contributed by atoms with Gasteiger partial charge in [0, 0.05) is 11.0 Å². The van der Waals surface area contributed by atoms with E-state index in [1.807, 2.05) is 0 Å². The second kappa shape index (κ2) is 5.95. The van der Waals surface area contributed by atoms with Crippen LogP contribution in [0.1, 0.15) is 16.9 Å². The Morgan fingerprint density at radius 1 is 1.60 bits per heavy atom. The smallest absolute Gasteiger partial charge is 0.276 e. The Kier molecular flexibility index (Phi) is 4.28. The van der Waals surface area contributed by atoms with Crippen LogP contribution in [0.5, 0.6) is 0 Å². The van der Waals surface area contributed by atoms with Crippen molar-refractivity contribution in [3.63, 3.8) is 0 Å². The summed E-state index contributed by atoms with van der Waals surface area (Å²) >= 11 is 3.21. The van der Waals surface area contributed by atoms with Crippen LogP contribution in [-0.4, -0.2) is 37.1 Å². The summed E-state index contributed by atoms with van der Waals surface area (Å²) in [6.07, 6.45) is 2.07. The lowest BCUT2D eigenvalue weighted by atomic mass is 10.1. The number of amides is 2. The van der Waals surface area contributed by atoms with E-state index in [-0.39, 0.29) is 23.5 Å². The summed E-state index contributed by atoms with van der Waals surface area (Å²) < 4.78 is 0.636. The maximum Gasteiger partial charge on any atom is 0.276 e. The van der Waals surface area contributed by atoms with Gasteiger partial charge in [-0.25, -0.2) is 4.99 Å². The molecule has 7 nitrogen and oxygen atoms in total. The lowest BCUT2D eigenvalue weighted by Gasteiger charge is -2.01. The molecule has 2 heterocycles. The Morgan fingerprint density at radius 3 is 2.90 bits per heavy atom. The standard InChI is InChI=1S/C11H11BBrN5O2/c12-8-5(13)4-7(16-8)9(19)15-3-1-2-6-10(20)18-11(14)17-6/h2,4,16H,1,3H2,(H,15,19)(H3,14,17,18,20)/b6-2-. The highest BCUT2D eigenvalue weighted by molar-refractivity contribution is 9.10. The first-order valence-corrected chi connectivity index (χ1v) is 6.54. The third-order valence-electron chi connectivity index (χ3n) is 2.53. The molecule has 0 bridgehead atoms. The molecule has 1 aromatic heterocycles. The van der Waals surface area contributed by atoms with Gasteiger partial charge in [-0.05, 0) is 34.0 Å². The lowest BCUT2D eigenvalue weighted by molar-refractivity contribution is -0.115. The first kappa shape index (κ1) is 14.4. The molecule has 0 aromatic carbocycles. The van der Waals surface area contributed by atoms with Gasteiger partial charge in [0.1, 0.15) is 19.2 Å².